The van der Waals surface area contributed by atoms with Crippen LogP contribution in [0.1, 0.15) is 44.9 Å². The molecular weight excluding hydrogens is 364 g/mol. The topological polar surface area (TPSA) is 41.6 Å². The molecule has 1 N–H and O–H groups in total. The van der Waals surface area contributed by atoms with Crippen molar-refractivity contribution in [3.05, 3.63) is 20.8 Å². The summed E-state index contributed by atoms with van der Waals surface area (Å²) in [5.41, 5.74) is -0.435. The smallest absolute Gasteiger partial charge is 0.410 e. The highest BCUT2D eigenvalue weighted by molar-refractivity contribution is 9.10. The summed E-state index contributed by atoms with van der Waals surface area (Å²) >= 11 is 5.21. The van der Waals surface area contributed by atoms with Gasteiger partial charge in [-0.05, 0) is 62.0 Å². The number of hydrogen-bond acceptors (Lipinski definition) is 4. The fourth-order valence-electron chi connectivity index (χ4n) is 2.58. The van der Waals surface area contributed by atoms with Gasteiger partial charge in [-0.15, -0.1) is 11.3 Å². The Hall–Kier alpha value is -0.590. The Bertz CT molecular complexity index is 499. The Kier molecular flexibility index (Phi) is 6.29. The van der Waals surface area contributed by atoms with E-state index in [1.165, 1.54) is 11.3 Å². The molecule has 1 aliphatic rings. The molecular formula is C16H25BrN2O2S. The second-order valence-corrected chi connectivity index (χ2v) is 8.60. The first-order chi connectivity index (χ1) is 10.3. The molecule has 0 aliphatic carbocycles. The van der Waals surface area contributed by atoms with E-state index in [1.807, 2.05) is 25.7 Å². The maximum Gasteiger partial charge on any atom is 0.410 e. The monoisotopic (exact) mass is 388 g/mol. The molecule has 124 valence electrons. The first-order valence-corrected chi connectivity index (χ1v) is 9.46. The average Bonchev–Trinajstić information content (AvgIpc) is 2.83. The maximum absolute atomic E-state index is 12.3. The molecule has 2 heterocycles. The summed E-state index contributed by atoms with van der Waals surface area (Å²) in [5, 5.41) is 5.56. The lowest BCUT2D eigenvalue weighted by Crippen LogP contribution is -2.50. The number of likely N-dealkylation sites (tertiary alicyclic amines) is 1. The highest BCUT2D eigenvalue weighted by atomic mass is 79.9. The van der Waals surface area contributed by atoms with E-state index < -0.39 is 5.60 Å². The summed E-state index contributed by atoms with van der Waals surface area (Å²) in [6.07, 6.45) is 3.10. The van der Waals surface area contributed by atoms with Crippen molar-refractivity contribution in [3.8, 4) is 0 Å². The van der Waals surface area contributed by atoms with E-state index in [0.29, 0.717) is 0 Å². The van der Waals surface area contributed by atoms with E-state index in [-0.39, 0.29) is 12.1 Å². The number of nitrogens with one attached hydrogen (secondary N) is 1. The van der Waals surface area contributed by atoms with Crippen LogP contribution in [0.3, 0.4) is 0 Å². The van der Waals surface area contributed by atoms with E-state index in [1.54, 1.807) is 11.3 Å². The summed E-state index contributed by atoms with van der Waals surface area (Å²) in [5.74, 6) is 0. The molecule has 0 bridgehead atoms. The third-order valence-electron chi connectivity index (χ3n) is 3.56. The normalized spacial score (nSPS) is 19.3. The Balaban J connectivity index is 1.85. The lowest BCUT2D eigenvalue weighted by atomic mass is 10.0. The second kappa shape index (κ2) is 7.79. The Morgan fingerprint density at radius 2 is 2.27 bits per heavy atom. The standard InChI is InChI=1S/C16H25BrN2O2S/c1-16(2,3)21-15(20)19-7-5-4-6-13(19)9-18-10-14-8-12(17)11-22-14/h8,11,13,18H,4-7,9-10H2,1-3H3. The van der Waals surface area contributed by atoms with Crippen molar-refractivity contribution in [1.82, 2.24) is 10.2 Å². The van der Waals surface area contributed by atoms with Gasteiger partial charge in [0, 0.05) is 40.4 Å². The van der Waals surface area contributed by atoms with Gasteiger partial charge in [-0.3, -0.25) is 0 Å². The summed E-state index contributed by atoms with van der Waals surface area (Å²) < 4.78 is 6.66. The van der Waals surface area contributed by atoms with Gasteiger partial charge in [0.05, 0.1) is 0 Å². The molecule has 1 saturated heterocycles. The van der Waals surface area contributed by atoms with E-state index in [4.69, 9.17) is 4.74 Å². The number of thiophene rings is 1. The van der Waals surface area contributed by atoms with Crippen LogP contribution in [0.5, 0.6) is 0 Å². The molecule has 0 spiro atoms. The van der Waals surface area contributed by atoms with Gasteiger partial charge in [0.15, 0.2) is 0 Å². The van der Waals surface area contributed by atoms with Crippen LogP contribution in [0.25, 0.3) is 0 Å². The van der Waals surface area contributed by atoms with Crippen LogP contribution in [0.4, 0.5) is 4.79 Å². The number of amides is 1. The number of carbonyl (C=O) groups excluding carboxylic acids is 1. The van der Waals surface area contributed by atoms with Crippen LogP contribution >= 0.6 is 27.3 Å². The Morgan fingerprint density at radius 3 is 2.91 bits per heavy atom. The van der Waals surface area contributed by atoms with Gasteiger partial charge < -0.3 is 15.0 Å². The quantitative estimate of drug-likeness (QED) is 0.831. The average molecular weight is 389 g/mol. The molecule has 0 aromatic carbocycles. The van der Waals surface area contributed by atoms with Gasteiger partial charge in [-0.2, -0.15) is 0 Å². The van der Waals surface area contributed by atoms with Gasteiger partial charge in [-0.1, -0.05) is 0 Å². The molecule has 1 fully saturated rings. The summed E-state index contributed by atoms with van der Waals surface area (Å²) in [7, 11) is 0. The number of carbonyl (C=O) groups is 1. The van der Waals surface area contributed by atoms with Crippen LogP contribution in [0.2, 0.25) is 0 Å². The van der Waals surface area contributed by atoms with Gasteiger partial charge in [0.1, 0.15) is 5.60 Å². The van der Waals surface area contributed by atoms with Crippen LogP contribution in [0, 0.1) is 0 Å². The Labute approximate surface area is 145 Å². The predicted molar refractivity (Wildman–Crippen MR) is 94.3 cm³/mol. The number of nitrogens with zero attached hydrogens (tertiary/aromatic N) is 1. The zero-order valence-corrected chi connectivity index (χ0v) is 15.9. The number of rotatable bonds is 4. The number of piperidine rings is 1. The molecule has 1 aromatic rings. The third kappa shape index (κ3) is 5.56. The lowest BCUT2D eigenvalue weighted by Gasteiger charge is -2.36. The fourth-order valence-corrected chi connectivity index (χ4v) is 4.00. The SMILES string of the molecule is CC(C)(C)OC(=O)N1CCCCC1CNCc1cc(Br)cs1. The van der Waals surface area contributed by atoms with Crippen molar-refractivity contribution < 1.29 is 9.53 Å². The molecule has 1 aliphatic heterocycles. The van der Waals surface area contributed by atoms with Crippen LogP contribution in [-0.4, -0.2) is 35.7 Å². The van der Waals surface area contributed by atoms with Crippen molar-refractivity contribution >= 4 is 33.4 Å². The minimum Gasteiger partial charge on any atom is -0.444 e. The molecule has 1 unspecified atom stereocenters. The van der Waals surface area contributed by atoms with E-state index in [2.05, 4.69) is 32.7 Å². The largest absolute Gasteiger partial charge is 0.444 e. The predicted octanol–water partition coefficient (Wildman–Crippen LogP) is 4.39. The zero-order chi connectivity index (χ0) is 16.2. The molecule has 0 radical (unpaired) electrons. The summed E-state index contributed by atoms with van der Waals surface area (Å²) in [6, 6.07) is 2.36. The second-order valence-electron chi connectivity index (χ2n) is 6.69. The molecule has 6 heteroatoms. The minimum atomic E-state index is -0.435. The highest BCUT2D eigenvalue weighted by Gasteiger charge is 2.30. The molecule has 1 amide bonds. The zero-order valence-electron chi connectivity index (χ0n) is 13.5. The lowest BCUT2D eigenvalue weighted by molar-refractivity contribution is 0.00994. The van der Waals surface area contributed by atoms with Crippen molar-refractivity contribution in [2.24, 2.45) is 0 Å². The van der Waals surface area contributed by atoms with Crippen LogP contribution < -0.4 is 5.32 Å². The Morgan fingerprint density at radius 1 is 1.50 bits per heavy atom. The molecule has 1 atom stereocenters. The van der Waals surface area contributed by atoms with Crippen molar-refractivity contribution in [2.75, 3.05) is 13.1 Å². The summed E-state index contributed by atoms with van der Waals surface area (Å²) in [4.78, 5) is 15.5. The van der Waals surface area contributed by atoms with Gasteiger partial charge in [-0.25, -0.2) is 4.79 Å². The van der Waals surface area contributed by atoms with E-state index >= 15 is 0 Å². The first kappa shape index (κ1) is 17.8. The van der Waals surface area contributed by atoms with Crippen LogP contribution in [-0.2, 0) is 11.3 Å². The number of ether oxygens (including phenoxy) is 1. The van der Waals surface area contributed by atoms with Crippen molar-refractivity contribution in [1.29, 1.82) is 0 Å². The van der Waals surface area contributed by atoms with Gasteiger partial charge in [0.2, 0.25) is 0 Å². The molecule has 1 aromatic heterocycles. The highest BCUT2D eigenvalue weighted by Crippen LogP contribution is 2.21. The van der Waals surface area contributed by atoms with Crippen molar-refractivity contribution in [2.45, 2.75) is 58.2 Å². The number of halogens is 1. The van der Waals surface area contributed by atoms with Crippen molar-refractivity contribution in [3.63, 3.8) is 0 Å². The minimum absolute atomic E-state index is 0.183. The van der Waals surface area contributed by atoms with Gasteiger partial charge >= 0.3 is 6.09 Å². The molecule has 0 saturated carbocycles. The van der Waals surface area contributed by atoms with E-state index in [0.717, 1.165) is 36.9 Å². The molecule has 22 heavy (non-hydrogen) atoms. The number of hydrogen-bond donors (Lipinski definition) is 1. The van der Waals surface area contributed by atoms with Crippen LogP contribution in [0.15, 0.2) is 15.9 Å². The van der Waals surface area contributed by atoms with Gasteiger partial charge in [0.25, 0.3) is 0 Å². The maximum atomic E-state index is 12.3. The molecule has 4 nitrogen and oxygen atoms in total. The summed E-state index contributed by atoms with van der Waals surface area (Å²) in [6.45, 7) is 8.19. The third-order valence-corrected chi connectivity index (χ3v) is 5.25. The molecule has 2 rings (SSSR count). The van der Waals surface area contributed by atoms with E-state index in [9.17, 15) is 4.79 Å². The first-order valence-electron chi connectivity index (χ1n) is 7.78. The fraction of sp³-hybridized carbons (Fsp3) is 0.688.